The molecule has 5 rings (SSSR count). The number of aryl methyl sites for hydroxylation is 2. The molecule has 0 N–H and O–H groups in total. The average molecular weight is 480 g/mol. The molecule has 7 heteroatoms. The summed E-state index contributed by atoms with van der Waals surface area (Å²) in [6.07, 6.45) is 6.03. The number of anilines is 3. The number of fused-ring (bicyclic) bond motifs is 2. The van der Waals surface area contributed by atoms with Crippen LogP contribution in [0, 0.1) is 13.8 Å². The SMILES string of the molecule is CCN1c2ncc(CCOc3ccc(-c4ccnc(C)c4)cc3C)cc2C(=O)N(C)c2cccnc21. The highest BCUT2D eigenvalue weighted by Gasteiger charge is 2.30. The zero-order valence-electron chi connectivity index (χ0n) is 21.0. The van der Waals surface area contributed by atoms with Crippen molar-refractivity contribution >= 4 is 23.2 Å². The van der Waals surface area contributed by atoms with Gasteiger partial charge in [0.2, 0.25) is 0 Å². The van der Waals surface area contributed by atoms with Gasteiger partial charge >= 0.3 is 0 Å². The fourth-order valence-corrected chi connectivity index (χ4v) is 4.55. The summed E-state index contributed by atoms with van der Waals surface area (Å²) in [5.41, 5.74) is 6.64. The number of hydrogen-bond acceptors (Lipinski definition) is 6. The fourth-order valence-electron chi connectivity index (χ4n) is 4.55. The summed E-state index contributed by atoms with van der Waals surface area (Å²) in [6, 6.07) is 16.0. The second kappa shape index (κ2) is 9.77. The number of amides is 1. The average Bonchev–Trinajstić information content (AvgIpc) is 2.98. The topological polar surface area (TPSA) is 71.5 Å². The van der Waals surface area contributed by atoms with E-state index in [2.05, 4.69) is 40.1 Å². The smallest absolute Gasteiger partial charge is 0.261 e. The van der Waals surface area contributed by atoms with Crippen LogP contribution in [0.4, 0.5) is 17.3 Å². The molecule has 1 aliphatic heterocycles. The van der Waals surface area contributed by atoms with E-state index in [1.165, 1.54) is 0 Å². The minimum Gasteiger partial charge on any atom is -0.493 e. The predicted octanol–water partition coefficient (Wildman–Crippen LogP) is 5.52. The molecule has 1 aliphatic rings. The number of carbonyl (C=O) groups excluding carboxylic acids is 1. The van der Waals surface area contributed by atoms with Gasteiger partial charge in [0, 0.05) is 44.3 Å². The summed E-state index contributed by atoms with van der Waals surface area (Å²) in [5, 5.41) is 0. The third-order valence-electron chi connectivity index (χ3n) is 6.47. The van der Waals surface area contributed by atoms with Gasteiger partial charge in [-0.3, -0.25) is 9.78 Å². The Labute approximate surface area is 211 Å². The van der Waals surface area contributed by atoms with E-state index in [1.807, 2.05) is 61.5 Å². The van der Waals surface area contributed by atoms with Crippen LogP contribution in [-0.2, 0) is 6.42 Å². The number of benzene rings is 1. The third kappa shape index (κ3) is 4.40. The molecule has 1 amide bonds. The molecule has 0 atom stereocenters. The van der Waals surface area contributed by atoms with E-state index < -0.39 is 0 Å². The van der Waals surface area contributed by atoms with Crippen molar-refractivity contribution in [3.05, 3.63) is 89.5 Å². The van der Waals surface area contributed by atoms with Crippen molar-refractivity contribution in [1.82, 2.24) is 15.0 Å². The summed E-state index contributed by atoms with van der Waals surface area (Å²) >= 11 is 0. The molecule has 0 fully saturated rings. The van der Waals surface area contributed by atoms with Gasteiger partial charge in [-0.1, -0.05) is 6.07 Å². The van der Waals surface area contributed by atoms with Crippen LogP contribution in [0.2, 0.25) is 0 Å². The zero-order valence-corrected chi connectivity index (χ0v) is 21.0. The monoisotopic (exact) mass is 479 g/mol. The Morgan fingerprint density at radius 2 is 1.75 bits per heavy atom. The van der Waals surface area contributed by atoms with E-state index in [1.54, 1.807) is 18.1 Å². The highest BCUT2D eigenvalue weighted by molar-refractivity contribution is 6.12. The van der Waals surface area contributed by atoms with Crippen LogP contribution in [-0.4, -0.2) is 41.1 Å². The van der Waals surface area contributed by atoms with Gasteiger partial charge < -0.3 is 14.5 Å². The van der Waals surface area contributed by atoms with Gasteiger partial charge in [-0.05, 0) is 85.5 Å². The highest BCUT2D eigenvalue weighted by Crippen LogP contribution is 2.37. The number of rotatable bonds is 6. The van der Waals surface area contributed by atoms with Crippen LogP contribution in [0.5, 0.6) is 5.75 Å². The number of nitrogens with zero attached hydrogens (tertiary/aromatic N) is 5. The second-order valence-corrected chi connectivity index (χ2v) is 8.93. The van der Waals surface area contributed by atoms with Crippen LogP contribution < -0.4 is 14.5 Å². The molecule has 36 heavy (non-hydrogen) atoms. The van der Waals surface area contributed by atoms with Crippen molar-refractivity contribution < 1.29 is 9.53 Å². The molecule has 0 bridgehead atoms. The van der Waals surface area contributed by atoms with Gasteiger partial charge in [0.15, 0.2) is 5.82 Å². The number of ether oxygens (including phenoxy) is 1. The number of aromatic nitrogens is 3. The third-order valence-corrected chi connectivity index (χ3v) is 6.47. The lowest BCUT2D eigenvalue weighted by molar-refractivity contribution is 0.0994. The van der Waals surface area contributed by atoms with E-state index in [0.717, 1.165) is 45.2 Å². The Morgan fingerprint density at radius 3 is 2.53 bits per heavy atom. The molecule has 7 nitrogen and oxygen atoms in total. The molecule has 0 saturated carbocycles. The fraction of sp³-hybridized carbons (Fsp3) is 0.241. The largest absolute Gasteiger partial charge is 0.493 e. The normalized spacial score (nSPS) is 12.7. The standard InChI is InChI=1S/C29H29N5O2/c1-5-34-27-24(29(35)33(4)25-7-6-12-31-28(25)34)17-21(18-32-27)11-14-36-26-9-8-22(15-19(26)2)23-10-13-30-20(3)16-23/h6-10,12-13,15-18H,5,11,14H2,1-4H3. The van der Waals surface area contributed by atoms with Crippen LogP contribution >= 0.6 is 0 Å². The molecule has 0 radical (unpaired) electrons. The molecular weight excluding hydrogens is 450 g/mol. The molecule has 1 aromatic carbocycles. The molecule has 0 unspecified atom stereocenters. The lowest BCUT2D eigenvalue weighted by Gasteiger charge is -2.22. The first-order valence-electron chi connectivity index (χ1n) is 12.1. The van der Waals surface area contributed by atoms with Crippen molar-refractivity contribution in [3.8, 4) is 16.9 Å². The molecular formula is C29H29N5O2. The van der Waals surface area contributed by atoms with Crippen LogP contribution in [0.3, 0.4) is 0 Å². The maximum atomic E-state index is 13.3. The van der Waals surface area contributed by atoms with Crippen molar-refractivity contribution in [1.29, 1.82) is 0 Å². The first-order valence-corrected chi connectivity index (χ1v) is 12.1. The number of hydrogen-bond donors (Lipinski definition) is 0. The van der Waals surface area contributed by atoms with Gasteiger partial charge in [0.25, 0.3) is 5.91 Å². The maximum Gasteiger partial charge on any atom is 0.261 e. The van der Waals surface area contributed by atoms with Gasteiger partial charge in [-0.2, -0.15) is 0 Å². The summed E-state index contributed by atoms with van der Waals surface area (Å²) in [7, 11) is 1.78. The number of pyridine rings is 3. The first kappa shape index (κ1) is 23.5. The lowest BCUT2D eigenvalue weighted by atomic mass is 10.0. The molecule has 0 saturated heterocycles. The van der Waals surface area contributed by atoms with Crippen LogP contribution in [0.1, 0.15) is 34.1 Å². The van der Waals surface area contributed by atoms with Crippen LogP contribution in [0.25, 0.3) is 11.1 Å². The summed E-state index contributed by atoms with van der Waals surface area (Å²) in [5.74, 6) is 2.12. The Bertz CT molecular complexity index is 1440. The second-order valence-electron chi connectivity index (χ2n) is 8.93. The zero-order chi connectivity index (χ0) is 25.2. The quantitative estimate of drug-likeness (QED) is 0.362. The minimum atomic E-state index is -0.0942. The summed E-state index contributed by atoms with van der Waals surface area (Å²) in [4.78, 5) is 30.4. The van der Waals surface area contributed by atoms with Crippen molar-refractivity contribution in [2.24, 2.45) is 0 Å². The Balaban J connectivity index is 1.32. The molecule has 0 aliphatic carbocycles. The summed E-state index contributed by atoms with van der Waals surface area (Å²) in [6.45, 7) is 7.22. The van der Waals surface area contributed by atoms with Crippen molar-refractivity contribution in [3.63, 3.8) is 0 Å². The predicted molar refractivity (Wildman–Crippen MR) is 142 cm³/mol. The highest BCUT2D eigenvalue weighted by atomic mass is 16.5. The summed E-state index contributed by atoms with van der Waals surface area (Å²) < 4.78 is 6.11. The van der Waals surface area contributed by atoms with E-state index in [-0.39, 0.29) is 5.91 Å². The van der Waals surface area contributed by atoms with Crippen LogP contribution in [0.15, 0.2) is 67.1 Å². The van der Waals surface area contributed by atoms with Gasteiger partial charge in [-0.25, -0.2) is 9.97 Å². The molecule has 3 aromatic heterocycles. The van der Waals surface area contributed by atoms with E-state index in [0.29, 0.717) is 31.0 Å². The van der Waals surface area contributed by atoms with Gasteiger partial charge in [0.05, 0.1) is 17.9 Å². The minimum absolute atomic E-state index is 0.0942. The lowest BCUT2D eigenvalue weighted by Crippen LogP contribution is -2.25. The van der Waals surface area contributed by atoms with E-state index >= 15 is 0 Å². The van der Waals surface area contributed by atoms with E-state index in [9.17, 15) is 4.79 Å². The van der Waals surface area contributed by atoms with E-state index in [4.69, 9.17) is 4.74 Å². The van der Waals surface area contributed by atoms with Crippen molar-refractivity contribution in [2.45, 2.75) is 27.2 Å². The van der Waals surface area contributed by atoms with Gasteiger partial charge in [0.1, 0.15) is 11.6 Å². The first-order chi connectivity index (χ1) is 17.5. The molecule has 0 spiro atoms. The molecule has 182 valence electrons. The number of carbonyl (C=O) groups is 1. The Morgan fingerprint density at radius 1 is 0.917 bits per heavy atom. The molecule has 4 aromatic rings. The maximum absolute atomic E-state index is 13.3. The Kier molecular flexibility index (Phi) is 6.38. The Hall–Kier alpha value is -4.26. The molecule has 4 heterocycles. The van der Waals surface area contributed by atoms with Gasteiger partial charge in [-0.15, -0.1) is 0 Å². The van der Waals surface area contributed by atoms with Crippen molar-refractivity contribution in [2.75, 3.05) is 30.0 Å².